The number of likely N-dealkylation sites (N-methyl/N-ethyl adjacent to an activating group) is 1. The largest absolute Gasteiger partial charge is 0.370 e. The van der Waals surface area contributed by atoms with Crippen molar-refractivity contribution in [2.45, 2.75) is 32.5 Å². The van der Waals surface area contributed by atoms with Crippen LogP contribution in [0.1, 0.15) is 22.4 Å². The standard InChI is InChI=1S/C23H32N4OS/c1-18-7-8-20(24-14-18)16-26(2)17-21-13-22-19(15-25-21)5-4-6-23(22)27-9-11-29(3,28)12-10-27/h4-8,14,21,25H,3,9-13,15-17H2,1-2H3. The molecule has 0 aliphatic carbocycles. The molecule has 1 unspecified atom stereocenters. The Balaban J connectivity index is 1.43. The SMILES string of the molecule is C=S1(=O)CCN(c2cccc3c2CC(CN(C)Cc2ccc(C)cn2)NC3)CC1. The number of nitrogens with one attached hydrogen (secondary N) is 1. The lowest BCUT2D eigenvalue weighted by Gasteiger charge is -2.36. The van der Waals surface area contributed by atoms with E-state index in [1.807, 2.05) is 6.20 Å². The zero-order valence-electron chi connectivity index (χ0n) is 17.6. The molecule has 0 amide bonds. The van der Waals surface area contributed by atoms with Crippen LogP contribution < -0.4 is 10.2 Å². The second-order valence-corrected chi connectivity index (χ2v) is 11.3. The summed E-state index contributed by atoms with van der Waals surface area (Å²) in [5.74, 6) is 5.31. The van der Waals surface area contributed by atoms with Crippen LogP contribution in [0.5, 0.6) is 0 Å². The average Bonchev–Trinajstić information content (AvgIpc) is 2.69. The Labute approximate surface area is 175 Å². The van der Waals surface area contributed by atoms with Crippen LogP contribution in [0.15, 0.2) is 36.5 Å². The molecule has 29 heavy (non-hydrogen) atoms. The third kappa shape index (κ3) is 5.00. The molecular formula is C23H32N4OS. The van der Waals surface area contributed by atoms with E-state index in [9.17, 15) is 4.21 Å². The Hall–Kier alpha value is -1.89. The molecule has 4 rings (SSSR count). The van der Waals surface area contributed by atoms with Gasteiger partial charge in [-0.15, -0.1) is 0 Å². The first-order valence-electron chi connectivity index (χ1n) is 10.4. The molecule has 6 heteroatoms. The van der Waals surface area contributed by atoms with Crippen LogP contribution in [-0.4, -0.2) is 64.2 Å². The fourth-order valence-corrected chi connectivity index (χ4v) is 5.65. The van der Waals surface area contributed by atoms with E-state index < -0.39 is 9.52 Å². The topological polar surface area (TPSA) is 48.5 Å². The van der Waals surface area contributed by atoms with Crippen LogP contribution in [0.2, 0.25) is 0 Å². The molecule has 1 aromatic heterocycles. The second kappa shape index (κ2) is 8.46. The van der Waals surface area contributed by atoms with E-state index in [2.05, 4.69) is 70.3 Å². The fraction of sp³-hybridized carbons (Fsp3) is 0.478. The number of benzene rings is 1. The number of fused-ring (bicyclic) bond motifs is 1. The van der Waals surface area contributed by atoms with Crippen LogP contribution in [0.25, 0.3) is 0 Å². The van der Waals surface area contributed by atoms with Crippen LogP contribution in [-0.2, 0) is 29.0 Å². The van der Waals surface area contributed by atoms with Crippen molar-refractivity contribution >= 4 is 21.1 Å². The van der Waals surface area contributed by atoms with Crippen molar-refractivity contribution < 1.29 is 4.21 Å². The number of nitrogens with zero attached hydrogens (tertiary/aromatic N) is 3. The number of aromatic nitrogens is 1. The van der Waals surface area contributed by atoms with Crippen molar-refractivity contribution in [2.24, 2.45) is 0 Å². The number of hydrogen-bond acceptors (Lipinski definition) is 5. The molecule has 1 aromatic carbocycles. The van der Waals surface area contributed by atoms with Gasteiger partial charge in [0, 0.05) is 62.2 Å². The molecule has 5 nitrogen and oxygen atoms in total. The Morgan fingerprint density at radius 2 is 2.07 bits per heavy atom. The molecule has 2 aliphatic heterocycles. The summed E-state index contributed by atoms with van der Waals surface area (Å²) in [6.07, 6.45) is 2.96. The molecule has 0 spiro atoms. The second-order valence-electron chi connectivity index (χ2n) is 8.58. The Morgan fingerprint density at radius 3 is 2.79 bits per heavy atom. The van der Waals surface area contributed by atoms with Crippen molar-refractivity contribution in [3.63, 3.8) is 0 Å². The van der Waals surface area contributed by atoms with E-state index in [4.69, 9.17) is 0 Å². The zero-order chi connectivity index (χ0) is 20.4. The average molecular weight is 413 g/mol. The summed E-state index contributed by atoms with van der Waals surface area (Å²) >= 11 is 0. The van der Waals surface area contributed by atoms with Crippen molar-refractivity contribution in [2.75, 3.05) is 43.1 Å². The highest BCUT2D eigenvalue weighted by Crippen LogP contribution is 2.29. The quantitative estimate of drug-likeness (QED) is 0.762. The highest BCUT2D eigenvalue weighted by molar-refractivity contribution is 8.00. The maximum Gasteiger partial charge on any atom is 0.0544 e. The van der Waals surface area contributed by atoms with Crippen molar-refractivity contribution in [3.8, 4) is 0 Å². The van der Waals surface area contributed by atoms with E-state index >= 15 is 0 Å². The first-order chi connectivity index (χ1) is 13.9. The van der Waals surface area contributed by atoms with Gasteiger partial charge in [-0.25, -0.2) is 0 Å². The highest BCUT2D eigenvalue weighted by Gasteiger charge is 2.25. The molecule has 1 saturated heterocycles. The van der Waals surface area contributed by atoms with Crippen LogP contribution in [0, 0.1) is 6.92 Å². The Kier molecular flexibility index (Phi) is 5.95. The fourth-order valence-electron chi connectivity index (χ4n) is 4.34. The molecule has 0 bridgehead atoms. The lowest BCUT2D eigenvalue weighted by atomic mass is 9.93. The molecule has 3 heterocycles. The summed E-state index contributed by atoms with van der Waals surface area (Å²) in [5.41, 5.74) is 6.48. The van der Waals surface area contributed by atoms with Crippen LogP contribution in [0.4, 0.5) is 5.69 Å². The number of pyridine rings is 1. The molecule has 1 atom stereocenters. The van der Waals surface area contributed by atoms with E-state index in [-0.39, 0.29) is 0 Å². The minimum absolute atomic E-state index is 0.418. The van der Waals surface area contributed by atoms with Gasteiger partial charge in [0.2, 0.25) is 0 Å². The lowest BCUT2D eigenvalue weighted by Crippen LogP contribution is -2.45. The molecule has 0 saturated carbocycles. The van der Waals surface area contributed by atoms with Crippen molar-refractivity contribution in [1.29, 1.82) is 0 Å². The maximum absolute atomic E-state index is 12.3. The summed E-state index contributed by atoms with van der Waals surface area (Å²) < 4.78 is 12.3. The lowest BCUT2D eigenvalue weighted by molar-refractivity contribution is 0.271. The molecule has 2 aliphatic rings. The predicted octanol–water partition coefficient (Wildman–Crippen LogP) is 2.07. The van der Waals surface area contributed by atoms with Crippen molar-refractivity contribution in [1.82, 2.24) is 15.2 Å². The Morgan fingerprint density at radius 1 is 1.28 bits per heavy atom. The third-order valence-corrected chi connectivity index (χ3v) is 7.88. The summed E-state index contributed by atoms with van der Waals surface area (Å²) in [5, 5.41) is 3.71. The highest BCUT2D eigenvalue weighted by atomic mass is 32.2. The normalized spacial score (nSPS) is 21.2. The van der Waals surface area contributed by atoms with Gasteiger partial charge in [-0.1, -0.05) is 18.2 Å². The number of rotatable bonds is 5. The first kappa shape index (κ1) is 20.4. The Bertz CT molecular complexity index is 941. The van der Waals surface area contributed by atoms with Gasteiger partial charge in [-0.3, -0.25) is 14.1 Å². The minimum Gasteiger partial charge on any atom is -0.370 e. The molecule has 2 aromatic rings. The molecule has 156 valence electrons. The monoisotopic (exact) mass is 412 g/mol. The van der Waals surface area contributed by atoms with Crippen molar-refractivity contribution in [3.05, 3.63) is 58.9 Å². The van der Waals surface area contributed by atoms with Gasteiger partial charge in [-0.2, -0.15) is 0 Å². The summed E-state index contributed by atoms with van der Waals surface area (Å²) in [4.78, 5) is 9.30. The molecule has 1 N–H and O–H groups in total. The summed E-state index contributed by atoms with van der Waals surface area (Å²) in [7, 11) is 0.296. The zero-order valence-corrected chi connectivity index (χ0v) is 18.4. The maximum atomic E-state index is 12.3. The van der Waals surface area contributed by atoms with Gasteiger partial charge in [0.25, 0.3) is 0 Å². The summed E-state index contributed by atoms with van der Waals surface area (Å²) in [6.45, 7) is 6.50. The van der Waals surface area contributed by atoms with Gasteiger partial charge in [0.15, 0.2) is 0 Å². The predicted molar refractivity (Wildman–Crippen MR) is 123 cm³/mol. The van der Waals surface area contributed by atoms with E-state index in [0.29, 0.717) is 17.5 Å². The summed E-state index contributed by atoms with van der Waals surface area (Å²) in [6, 6.07) is 11.3. The molecular weight excluding hydrogens is 380 g/mol. The van der Waals surface area contributed by atoms with E-state index in [1.165, 1.54) is 22.4 Å². The van der Waals surface area contributed by atoms with Gasteiger partial charge in [-0.05, 0) is 64.6 Å². The van der Waals surface area contributed by atoms with Gasteiger partial charge in [0.1, 0.15) is 0 Å². The minimum atomic E-state index is -1.87. The van der Waals surface area contributed by atoms with E-state index in [0.717, 1.165) is 44.8 Å². The van der Waals surface area contributed by atoms with Crippen LogP contribution in [0.3, 0.4) is 0 Å². The molecule has 1 fully saturated rings. The first-order valence-corrected chi connectivity index (χ1v) is 12.5. The third-order valence-electron chi connectivity index (χ3n) is 6.02. The molecule has 0 radical (unpaired) electrons. The van der Waals surface area contributed by atoms with Gasteiger partial charge >= 0.3 is 0 Å². The van der Waals surface area contributed by atoms with E-state index in [1.54, 1.807) is 0 Å². The number of hydrogen-bond donors (Lipinski definition) is 1. The van der Waals surface area contributed by atoms with Crippen LogP contribution >= 0.6 is 0 Å². The number of anilines is 1. The van der Waals surface area contributed by atoms with Gasteiger partial charge < -0.3 is 10.2 Å². The smallest absolute Gasteiger partial charge is 0.0544 e. The van der Waals surface area contributed by atoms with Gasteiger partial charge in [0.05, 0.1) is 5.69 Å². The number of aryl methyl sites for hydroxylation is 1.